The van der Waals surface area contributed by atoms with E-state index in [0.29, 0.717) is 5.56 Å². The number of carbonyl (C=O) groups excluding carboxylic acids is 3. The van der Waals surface area contributed by atoms with Crippen molar-refractivity contribution in [3.63, 3.8) is 0 Å². The molecule has 0 aliphatic heterocycles. The van der Waals surface area contributed by atoms with Crippen molar-refractivity contribution in [1.82, 2.24) is 20.9 Å². The molecular weight excluding hydrogens is 482 g/mol. The fourth-order valence-electron chi connectivity index (χ4n) is 3.71. The predicted octanol–water partition coefficient (Wildman–Crippen LogP) is -0.851. The second-order valence-electron chi connectivity index (χ2n) is 8.46. The number of phenolic OH excluding ortho intramolecular Hbond substituents is 1. The summed E-state index contributed by atoms with van der Waals surface area (Å²) in [5.41, 5.74) is 8.36. The molecule has 3 amide bonds. The Kier molecular flexibility index (Phi) is 9.19. The number of hydrogen-bond acceptors (Lipinski definition) is 7. The summed E-state index contributed by atoms with van der Waals surface area (Å²) in [6.07, 6.45) is 1.97. The van der Waals surface area contributed by atoms with Crippen LogP contribution in [-0.4, -0.2) is 75.3 Å². The Morgan fingerprint density at radius 3 is 2.30 bits per heavy atom. The molecule has 0 aliphatic rings. The van der Waals surface area contributed by atoms with Gasteiger partial charge in [0.25, 0.3) is 0 Å². The molecule has 0 fully saturated rings. The van der Waals surface area contributed by atoms with Gasteiger partial charge in [-0.3, -0.25) is 14.4 Å². The number of carboxylic acids is 1. The number of amides is 3. The van der Waals surface area contributed by atoms with Gasteiger partial charge in [0.1, 0.15) is 17.8 Å². The lowest BCUT2D eigenvalue weighted by Gasteiger charge is -2.21. The first kappa shape index (κ1) is 27.2. The summed E-state index contributed by atoms with van der Waals surface area (Å²) in [4.78, 5) is 52.0. The lowest BCUT2D eigenvalue weighted by atomic mass is 10.0. The van der Waals surface area contributed by atoms with Crippen LogP contribution in [0.1, 0.15) is 11.1 Å². The van der Waals surface area contributed by atoms with Crippen molar-refractivity contribution in [2.45, 2.75) is 31.0 Å². The normalized spacial score (nSPS) is 13.4. The molecule has 3 rings (SSSR count). The maximum Gasteiger partial charge on any atom is 0.328 e. The number of carboxylic acid groups (broad SMARTS) is 1. The van der Waals surface area contributed by atoms with Gasteiger partial charge in [-0.1, -0.05) is 30.3 Å². The highest BCUT2D eigenvalue weighted by Crippen LogP contribution is 2.18. The highest BCUT2D eigenvalue weighted by molar-refractivity contribution is 5.93. The third-order valence-corrected chi connectivity index (χ3v) is 5.70. The number of aliphatic hydroxyl groups is 1. The maximum absolute atomic E-state index is 12.7. The predicted molar refractivity (Wildman–Crippen MR) is 133 cm³/mol. The largest absolute Gasteiger partial charge is 0.508 e. The molecule has 0 spiro atoms. The van der Waals surface area contributed by atoms with Gasteiger partial charge in [0, 0.05) is 23.5 Å². The average molecular weight is 512 g/mol. The number of rotatable bonds is 12. The number of carbonyl (C=O) groups is 4. The summed E-state index contributed by atoms with van der Waals surface area (Å²) < 4.78 is 0. The molecule has 1 heterocycles. The molecule has 3 unspecified atom stereocenters. The first-order valence-electron chi connectivity index (χ1n) is 11.5. The molecule has 3 atom stereocenters. The molecule has 12 nitrogen and oxygen atoms in total. The quantitative estimate of drug-likeness (QED) is 0.153. The van der Waals surface area contributed by atoms with Gasteiger partial charge in [0.15, 0.2) is 0 Å². The number of fused-ring (bicyclic) bond motifs is 1. The van der Waals surface area contributed by atoms with Crippen molar-refractivity contribution < 1.29 is 34.5 Å². The summed E-state index contributed by atoms with van der Waals surface area (Å²) >= 11 is 0. The zero-order valence-electron chi connectivity index (χ0n) is 19.8. The van der Waals surface area contributed by atoms with E-state index in [1.165, 1.54) is 24.3 Å². The van der Waals surface area contributed by atoms with Gasteiger partial charge >= 0.3 is 5.97 Å². The van der Waals surface area contributed by atoms with Crippen molar-refractivity contribution in [3.05, 3.63) is 65.9 Å². The zero-order valence-corrected chi connectivity index (χ0v) is 19.8. The van der Waals surface area contributed by atoms with Crippen LogP contribution in [0.4, 0.5) is 0 Å². The van der Waals surface area contributed by atoms with Gasteiger partial charge in [-0.05, 0) is 35.7 Å². The van der Waals surface area contributed by atoms with Crippen LogP contribution < -0.4 is 21.7 Å². The molecule has 0 bridgehead atoms. The Balaban J connectivity index is 1.59. The minimum absolute atomic E-state index is 0.00620. The van der Waals surface area contributed by atoms with E-state index in [1.54, 1.807) is 6.20 Å². The third-order valence-electron chi connectivity index (χ3n) is 5.70. The van der Waals surface area contributed by atoms with E-state index < -0.39 is 55.0 Å². The van der Waals surface area contributed by atoms with Crippen molar-refractivity contribution in [2.24, 2.45) is 5.73 Å². The molecule has 1 aromatic heterocycles. The Morgan fingerprint density at radius 2 is 1.62 bits per heavy atom. The van der Waals surface area contributed by atoms with Crippen LogP contribution in [0.5, 0.6) is 5.75 Å². The van der Waals surface area contributed by atoms with Crippen molar-refractivity contribution in [3.8, 4) is 5.75 Å². The number of nitrogens with two attached hydrogens (primary N) is 1. The second-order valence-corrected chi connectivity index (χ2v) is 8.46. The van der Waals surface area contributed by atoms with Crippen LogP contribution in [0.2, 0.25) is 0 Å². The minimum Gasteiger partial charge on any atom is -0.508 e. The second kappa shape index (κ2) is 12.5. The SMILES string of the molecule is NC(Cc1c[nH]c2ccccc12)C(=O)NCC(=O)NC(Cc1ccc(O)cc1)C(=O)NC(CO)C(=O)O. The molecule has 12 heteroatoms. The monoisotopic (exact) mass is 511 g/mol. The standard InChI is InChI=1S/C25H29N5O7/c26-18(10-15-11-27-19-4-2-1-3-17(15)19)23(34)28-12-22(33)29-20(9-14-5-7-16(32)8-6-14)24(35)30-21(13-31)25(36)37/h1-8,11,18,20-21,27,31-32H,9-10,12-13,26H2,(H,28,34)(H,29,33)(H,30,35)(H,36,37). The highest BCUT2D eigenvalue weighted by Gasteiger charge is 2.27. The van der Waals surface area contributed by atoms with E-state index in [2.05, 4.69) is 20.9 Å². The molecule has 0 aliphatic carbocycles. The number of aliphatic hydroxyl groups excluding tert-OH is 1. The van der Waals surface area contributed by atoms with E-state index >= 15 is 0 Å². The maximum atomic E-state index is 12.7. The summed E-state index contributed by atoms with van der Waals surface area (Å²) in [6.45, 7) is -1.31. The number of nitrogens with one attached hydrogen (secondary N) is 4. The number of hydrogen-bond donors (Lipinski definition) is 8. The van der Waals surface area contributed by atoms with Crippen LogP contribution in [-0.2, 0) is 32.0 Å². The molecule has 9 N–H and O–H groups in total. The van der Waals surface area contributed by atoms with Gasteiger partial charge in [-0.2, -0.15) is 0 Å². The van der Waals surface area contributed by atoms with Crippen LogP contribution in [0.15, 0.2) is 54.7 Å². The van der Waals surface area contributed by atoms with E-state index in [1.807, 2.05) is 24.3 Å². The molecule has 0 saturated heterocycles. The Bertz CT molecular complexity index is 1260. The number of para-hydroxylation sites is 1. The minimum atomic E-state index is -1.56. The number of H-pyrrole nitrogens is 1. The molecular formula is C25H29N5O7. The van der Waals surface area contributed by atoms with Crippen LogP contribution in [0, 0.1) is 0 Å². The first-order chi connectivity index (χ1) is 17.7. The summed E-state index contributed by atoms with van der Waals surface area (Å²) in [6, 6.07) is 9.73. The number of aromatic hydroxyl groups is 1. The van der Waals surface area contributed by atoms with Gasteiger partial charge in [-0.15, -0.1) is 0 Å². The average Bonchev–Trinajstić information content (AvgIpc) is 3.29. The third kappa shape index (κ3) is 7.53. The van der Waals surface area contributed by atoms with Crippen molar-refractivity contribution in [2.75, 3.05) is 13.2 Å². The van der Waals surface area contributed by atoms with E-state index in [4.69, 9.17) is 10.8 Å². The number of aliphatic carboxylic acids is 1. The molecule has 2 aromatic carbocycles. The Labute approximate surface area is 211 Å². The summed E-state index contributed by atoms with van der Waals surface area (Å²) in [7, 11) is 0. The molecule has 0 radical (unpaired) electrons. The fourth-order valence-corrected chi connectivity index (χ4v) is 3.71. The smallest absolute Gasteiger partial charge is 0.328 e. The number of aromatic amines is 1. The topological polar surface area (TPSA) is 207 Å². The first-order valence-corrected chi connectivity index (χ1v) is 11.5. The molecule has 3 aromatic rings. The van der Waals surface area contributed by atoms with E-state index in [-0.39, 0.29) is 18.6 Å². The van der Waals surface area contributed by atoms with E-state index in [9.17, 15) is 29.4 Å². The number of aromatic nitrogens is 1. The van der Waals surface area contributed by atoms with E-state index in [0.717, 1.165) is 16.5 Å². The lowest BCUT2D eigenvalue weighted by molar-refractivity contribution is -0.143. The summed E-state index contributed by atoms with van der Waals surface area (Å²) in [5, 5.41) is 35.8. The highest BCUT2D eigenvalue weighted by atomic mass is 16.4. The lowest BCUT2D eigenvalue weighted by Crippen LogP contribution is -2.55. The van der Waals surface area contributed by atoms with Crippen molar-refractivity contribution in [1.29, 1.82) is 0 Å². The number of benzene rings is 2. The molecule has 0 saturated carbocycles. The van der Waals surface area contributed by atoms with Crippen LogP contribution in [0.25, 0.3) is 10.9 Å². The van der Waals surface area contributed by atoms with Gasteiger partial charge in [-0.25, -0.2) is 4.79 Å². The zero-order chi connectivity index (χ0) is 26.9. The van der Waals surface area contributed by atoms with Gasteiger partial charge in [0.2, 0.25) is 17.7 Å². The Hall–Kier alpha value is -4.42. The fraction of sp³-hybridized carbons (Fsp3) is 0.280. The van der Waals surface area contributed by atoms with Crippen molar-refractivity contribution >= 4 is 34.6 Å². The van der Waals surface area contributed by atoms with Gasteiger partial charge < -0.3 is 42.0 Å². The molecule has 37 heavy (non-hydrogen) atoms. The van der Waals surface area contributed by atoms with Crippen LogP contribution in [0.3, 0.4) is 0 Å². The Morgan fingerprint density at radius 1 is 0.919 bits per heavy atom. The summed E-state index contributed by atoms with van der Waals surface area (Å²) in [5.74, 6) is -3.55. The molecule has 196 valence electrons. The van der Waals surface area contributed by atoms with Crippen LogP contribution >= 0.6 is 0 Å². The number of phenols is 1. The van der Waals surface area contributed by atoms with Gasteiger partial charge in [0.05, 0.1) is 19.2 Å².